The molecule has 0 aromatic carbocycles. The molecular formula is C20H31N5O2. The molecule has 3 heterocycles. The number of pyridine rings is 1. The molecule has 1 aliphatic rings. The highest BCUT2D eigenvalue weighted by Gasteiger charge is 2.21. The van der Waals surface area contributed by atoms with Gasteiger partial charge in [0, 0.05) is 38.9 Å². The fourth-order valence-electron chi connectivity index (χ4n) is 3.52. The highest BCUT2D eigenvalue weighted by atomic mass is 16.5. The number of nitrogens with zero attached hydrogens (tertiary/aromatic N) is 4. The van der Waals surface area contributed by atoms with Crippen molar-refractivity contribution in [2.24, 2.45) is 5.92 Å². The fourth-order valence-corrected chi connectivity index (χ4v) is 3.52. The van der Waals surface area contributed by atoms with E-state index in [-0.39, 0.29) is 11.8 Å². The van der Waals surface area contributed by atoms with E-state index in [1.807, 2.05) is 18.3 Å². The number of fused-ring (bicyclic) bond motifs is 1. The van der Waals surface area contributed by atoms with Gasteiger partial charge in [0.05, 0.1) is 5.56 Å². The molecule has 2 aromatic heterocycles. The van der Waals surface area contributed by atoms with Crippen molar-refractivity contribution in [2.45, 2.75) is 39.0 Å². The summed E-state index contributed by atoms with van der Waals surface area (Å²) in [6.07, 6.45) is 5.17. The van der Waals surface area contributed by atoms with E-state index < -0.39 is 0 Å². The van der Waals surface area contributed by atoms with Crippen molar-refractivity contribution in [2.75, 3.05) is 39.9 Å². The van der Waals surface area contributed by atoms with Gasteiger partial charge in [-0.3, -0.25) is 4.79 Å². The maximum Gasteiger partial charge on any atom is 0.255 e. The van der Waals surface area contributed by atoms with Crippen LogP contribution >= 0.6 is 0 Å². The monoisotopic (exact) mass is 373 g/mol. The van der Waals surface area contributed by atoms with Gasteiger partial charge in [-0.25, -0.2) is 9.50 Å². The molecule has 1 saturated heterocycles. The van der Waals surface area contributed by atoms with Gasteiger partial charge in [-0.05, 0) is 50.4 Å². The molecule has 0 aliphatic carbocycles. The molecule has 1 fully saturated rings. The molecule has 1 amide bonds. The summed E-state index contributed by atoms with van der Waals surface area (Å²) in [6.45, 7) is 8.94. The first-order valence-electron chi connectivity index (χ1n) is 9.93. The minimum Gasteiger partial charge on any atom is -0.385 e. The molecule has 0 spiro atoms. The number of carbonyl (C=O) groups excluding carboxylic acids is 1. The van der Waals surface area contributed by atoms with Gasteiger partial charge in [-0.15, -0.1) is 0 Å². The zero-order valence-corrected chi connectivity index (χ0v) is 16.6. The van der Waals surface area contributed by atoms with Gasteiger partial charge >= 0.3 is 0 Å². The Morgan fingerprint density at radius 3 is 2.85 bits per heavy atom. The van der Waals surface area contributed by atoms with Gasteiger partial charge in [0.2, 0.25) is 0 Å². The van der Waals surface area contributed by atoms with E-state index in [2.05, 4.69) is 34.1 Å². The number of nitrogens with one attached hydrogen (secondary N) is 1. The van der Waals surface area contributed by atoms with E-state index in [0.717, 1.165) is 57.9 Å². The highest BCUT2D eigenvalue weighted by molar-refractivity contribution is 5.99. The molecule has 0 radical (unpaired) electrons. The summed E-state index contributed by atoms with van der Waals surface area (Å²) in [5, 5.41) is 7.56. The summed E-state index contributed by atoms with van der Waals surface area (Å²) >= 11 is 0. The zero-order chi connectivity index (χ0) is 19.2. The first kappa shape index (κ1) is 19.8. The van der Waals surface area contributed by atoms with Crippen molar-refractivity contribution < 1.29 is 9.53 Å². The average molecular weight is 374 g/mol. The number of aromatic nitrogens is 3. The van der Waals surface area contributed by atoms with Crippen LogP contribution in [0.25, 0.3) is 5.65 Å². The van der Waals surface area contributed by atoms with Gasteiger partial charge in [0.15, 0.2) is 11.5 Å². The van der Waals surface area contributed by atoms with Crippen molar-refractivity contribution in [3.63, 3.8) is 0 Å². The van der Waals surface area contributed by atoms with Crippen LogP contribution in [0.4, 0.5) is 0 Å². The van der Waals surface area contributed by atoms with Crippen LogP contribution in [-0.4, -0.2) is 65.3 Å². The minimum absolute atomic E-state index is 0.0640. The van der Waals surface area contributed by atoms with Crippen LogP contribution < -0.4 is 5.32 Å². The standard InChI is InChI=1S/C20H31N5O2/c1-15(2)18-22-19-17(6-4-10-25(19)23-18)20(26)21-14-16-7-11-24(12-8-16)9-5-13-27-3/h4,6,10,15-16H,5,7-9,11-14H2,1-3H3,(H,21,26). The Bertz CT molecular complexity index is 750. The molecule has 0 saturated carbocycles. The molecule has 148 valence electrons. The lowest BCUT2D eigenvalue weighted by molar-refractivity contribution is 0.0934. The van der Waals surface area contributed by atoms with E-state index in [4.69, 9.17) is 4.74 Å². The van der Waals surface area contributed by atoms with E-state index in [0.29, 0.717) is 17.1 Å². The van der Waals surface area contributed by atoms with Crippen LogP contribution in [0.2, 0.25) is 0 Å². The predicted molar refractivity (Wildman–Crippen MR) is 105 cm³/mol. The maximum atomic E-state index is 12.7. The summed E-state index contributed by atoms with van der Waals surface area (Å²) in [5.74, 6) is 1.47. The van der Waals surface area contributed by atoms with Crippen LogP contribution in [0, 0.1) is 5.92 Å². The number of hydrogen-bond donors (Lipinski definition) is 1. The van der Waals surface area contributed by atoms with E-state index in [1.54, 1.807) is 11.6 Å². The number of carbonyl (C=O) groups is 1. The molecule has 7 heteroatoms. The second-order valence-corrected chi connectivity index (χ2v) is 7.66. The molecule has 3 rings (SSSR count). The third-order valence-electron chi connectivity index (χ3n) is 5.22. The SMILES string of the molecule is COCCCN1CCC(CNC(=O)c2cccn3nc(C(C)C)nc23)CC1. The summed E-state index contributed by atoms with van der Waals surface area (Å²) in [4.78, 5) is 19.7. The normalized spacial score (nSPS) is 16.3. The number of likely N-dealkylation sites (tertiary alicyclic amines) is 1. The van der Waals surface area contributed by atoms with Crippen molar-refractivity contribution in [3.05, 3.63) is 29.7 Å². The third-order valence-corrected chi connectivity index (χ3v) is 5.22. The van der Waals surface area contributed by atoms with Crippen molar-refractivity contribution in [1.29, 1.82) is 0 Å². The topological polar surface area (TPSA) is 71.8 Å². The number of hydrogen-bond acceptors (Lipinski definition) is 5. The molecule has 0 bridgehead atoms. The Kier molecular flexibility index (Phi) is 6.79. The number of rotatable bonds is 8. The number of ether oxygens (including phenoxy) is 1. The van der Waals surface area contributed by atoms with E-state index in [1.165, 1.54) is 0 Å². The first-order chi connectivity index (χ1) is 13.1. The van der Waals surface area contributed by atoms with Gasteiger partial charge in [0.25, 0.3) is 5.91 Å². The fraction of sp³-hybridized carbons (Fsp3) is 0.650. The molecule has 0 atom stereocenters. The van der Waals surface area contributed by atoms with Gasteiger partial charge in [-0.2, -0.15) is 5.10 Å². The predicted octanol–water partition coefficient (Wildman–Crippen LogP) is 2.33. The lowest BCUT2D eigenvalue weighted by Crippen LogP contribution is -2.39. The number of piperidine rings is 1. The largest absolute Gasteiger partial charge is 0.385 e. The van der Waals surface area contributed by atoms with Crippen molar-refractivity contribution in [1.82, 2.24) is 24.8 Å². The van der Waals surface area contributed by atoms with Gasteiger partial charge in [0.1, 0.15) is 0 Å². The second kappa shape index (κ2) is 9.28. The zero-order valence-electron chi connectivity index (χ0n) is 16.6. The maximum absolute atomic E-state index is 12.7. The highest BCUT2D eigenvalue weighted by Crippen LogP contribution is 2.18. The molecule has 1 aliphatic heterocycles. The summed E-state index contributed by atoms with van der Waals surface area (Å²) in [7, 11) is 1.75. The lowest BCUT2D eigenvalue weighted by atomic mass is 9.96. The Balaban J connectivity index is 1.52. The van der Waals surface area contributed by atoms with Crippen molar-refractivity contribution in [3.8, 4) is 0 Å². The Hall–Kier alpha value is -1.99. The summed E-state index contributed by atoms with van der Waals surface area (Å²) in [6, 6.07) is 3.67. The van der Waals surface area contributed by atoms with E-state index in [9.17, 15) is 4.79 Å². The lowest BCUT2D eigenvalue weighted by Gasteiger charge is -2.31. The number of amides is 1. The number of methoxy groups -OCH3 is 1. The van der Waals surface area contributed by atoms with Crippen LogP contribution in [0.3, 0.4) is 0 Å². The summed E-state index contributed by atoms with van der Waals surface area (Å²) < 4.78 is 6.82. The smallest absolute Gasteiger partial charge is 0.255 e. The molecule has 1 N–H and O–H groups in total. The minimum atomic E-state index is -0.0640. The molecule has 27 heavy (non-hydrogen) atoms. The Morgan fingerprint density at radius 1 is 1.37 bits per heavy atom. The molecule has 7 nitrogen and oxygen atoms in total. The molecule has 0 unspecified atom stereocenters. The first-order valence-corrected chi connectivity index (χ1v) is 9.93. The van der Waals surface area contributed by atoms with Crippen molar-refractivity contribution >= 4 is 11.6 Å². The molecular weight excluding hydrogens is 342 g/mol. The van der Waals surface area contributed by atoms with Crippen LogP contribution in [-0.2, 0) is 4.74 Å². The Morgan fingerprint density at radius 2 is 2.15 bits per heavy atom. The Labute approximate surface area is 161 Å². The quantitative estimate of drug-likeness (QED) is 0.719. The van der Waals surface area contributed by atoms with Crippen LogP contribution in [0.15, 0.2) is 18.3 Å². The third kappa shape index (κ3) is 5.05. The van der Waals surface area contributed by atoms with Crippen LogP contribution in [0.5, 0.6) is 0 Å². The molecule has 2 aromatic rings. The second-order valence-electron chi connectivity index (χ2n) is 7.66. The van der Waals surface area contributed by atoms with Gasteiger partial charge < -0.3 is 15.0 Å². The van der Waals surface area contributed by atoms with Gasteiger partial charge in [-0.1, -0.05) is 13.8 Å². The van der Waals surface area contributed by atoms with Crippen LogP contribution in [0.1, 0.15) is 55.2 Å². The summed E-state index contributed by atoms with van der Waals surface area (Å²) in [5.41, 5.74) is 1.22. The average Bonchev–Trinajstić information content (AvgIpc) is 3.12. The van der Waals surface area contributed by atoms with E-state index >= 15 is 0 Å².